The predicted octanol–water partition coefficient (Wildman–Crippen LogP) is 3.05. The van der Waals surface area contributed by atoms with E-state index in [2.05, 4.69) is 5.32 Å². The lowest BCUT2D eigenvalue weighted by atomic mass is 9.94. The van der Waals surface area contributed by atoms with E-state index in [-0.39, 0.29) is 22.8 Å². The molecule has 134 valence electrons. The van der Waals surface area contributed by atoms with E-state index in [1.54, 1.807) is 12.1 Å². The van der Waals surface area contributed by atoms with E-state index < -0.39 is 10.0 Å². The number of carbonyl (C=O) groups excluding carboxylic acids is 1. The molecule has 5 nitrogen and oxygen atoms in total. The van der Waals surface area contributed by atoms with Gasteiger partial charge in [-0.2, -0.15) is 4.31 Å². The molecule has 1 heterocycles. The minimum Gasteiger partial charge on any atom is -0.354 e. The topological polar surface area (TPSA) is 66.5 Å². The number of nitrogens with one attached hydrogen (secondary N) is 1. The van der Waals surface area contributed by atoms with Crippen molar-refractivity contribution in [2.45, 2.75) is 50.5 Å². The van der Waals surface area contributed by atoms with E-state index in [0.29, 0.717) is 37.4 Å². The number of rotatable bonds is 6. The Kier molecular flexibility index (Phi) is 6.66. The molecule has 2 rings (SSSR count). The van der Waals surface area contributed by atoms with Crippen LogP contribution >= 0.6 is 11.6 Å². The number of benzene rings is 1. The van der Waals surface area contributed by atoms with Crippen molar-refractivity contribution in [1.82, 2.24) is 9.62 Å². The molecule has 0 aromatic heterocycles. The van der Waals surface area contributed by atoms with E-state index >= 15 is 0 Å². The normalized spacial score (nSPS) is 18.3. The van der Waals surface area contributed by atoms with Crippen molar-refractivity contribution in [3.63, 3.8) is 0 Å². The van der Waals surface area contributed by atoms with Crippen molar-refractivity contribution >= 4 is 27.5 Å². The number of hydrogen-bond acceptors (Lipinski definition) is 3. The zero-order valence-electron chi connectivity index (χ0n) is 14.2. The molecule has 1 amide bonds. The minimum absolute atomic E-state index is 0.0587. The van der Waals surface area contributed by atoms with Crippen LogP contribution in [-0.4, -0.2) is 37.8 Å². The Morgan fingerprint density at radius 1 is 1.29 bits per heavy atom. The van der Waals surface area contributed by atoms with Crippen LogP contribution in [0.5, 0.6) is 0 Å². The molecule has 0 spiro atoms. The van der Waals surface area contributed by atoms with Gasteiger partial charge in [0.1, 0.15) is 0 Å². The zero-order valence-corrected chi connectivity index (χ0v) is 15.7. The maximum atomic E-state index is 12.6. The van der Waals surface area contributed by atoms with E-state index in [0.717, 1.165) is 6.42 Å². The average Bonchev–Trinajstić information content (AvgIpc) is 2.55. The lowest BCUT2D eigenvalue weighted by Gasteiger charge is -2.31. The highest BCUT2D eigenvalue weighted by Gasteiger charge is 2.30. The van der Waals surface area contributed by atoms with Crippen LogP contribution in [0.15, 0.2) is 29.2 Å². The number of halogens is 1. The first-order valence-electron chi connectivity index (χ1n) is 8.38. The summed E-state index contributed by atoms with van der Waals surface area (Å²) in [6, 6.07) is 6.41. The van der Waals surface area contributed by atoms with Gasteiger partial charge in [-0.1, -0.05) is 18.5 Å². The zero-order chi connectivity index (χ0) is 17.7. The first kappa shape index (κ1) is 19.2. The second-order valence-electron chi connectivity index (χ2n) is 6.38. The van der Waals surface area contributed by atoms with Gasteiger partial charge in [0.2, 0.25) is 15.9 Å². The highest BCUT2D eigenvalue weighted by molar-refractivity contribution is 7.89. The summed E-state index contributed by atoms with van der Waals surface area (Å²) < 4.78 is 26.7. The Morgan fingerprint density at radius 2 is 1.88 bits per heavy atom. The number of nitrogens with zero attached hydrogens (tertiary/aromatic N) is 1. The molecule has 1 aromatic rings. The summed E-state index contributed by atoms with van der Waals surface area (Å²) in [7, 11) is -3.48. The lowest BCUT2D eigenvalue weighted by molar-refractivity contribution is -0.122. The lowest BCUT2D eigenvalue weighted by Crippen LogP contribution is -2.40. The predicted molar refractivity (Wildman–Crippen MR) is 95.4 cm³/mol. The molecule has 0 radical (unpaired) electrons. The fourth-order valence-electron chi connectivity index (χ4n) is 2.81. The van der Waals surface area contributed by atoms with Crippen LogP contribution in [-0.2, 0) is 14.8 Å². The average molecular weight is 373 g/mol. The summed E-state index contributed by atoms with van der Waals surface area (Å²) in [5.74, 6) is 0.300. The fourth-order valence-corrected chi connectivity index (χ4v) is 4.40. The smallest absolute Gasteiger partial charge is 0.243 e. The van der Waals surface area contributed by atoms with Crippen molar-refractivity contribution in [2.24, 2.45) is 5.92 Å². The van der Waals surface area contributed by atoms with Gasteiger partial charge in [0.05, 0.1) is 4.90 Å². The molecule has 1 N–H and O–H groups in total. The van der Waals surface area contributed by atoms with Crippen LogP contribution in [0.3, 0.4) is 0 Å². The standard InChI is InChI=1S/C17H25ClN2O3S/c1-3-13(2)19-17(21)12-14-8-10-20(11-9-14)24(22,23)16-6-4-15(18)5-7-16/h4-7,13-14H,3,8-12H2,1-2H3,(H,19,21)/t13-/m1/s1. The quantitative estimate of drug-likeness (QED) is 0.834. The van der Waals surface area contributed by atoms with E-state index in [9.17, 15) is 13.2 Å². The summed E-state index contributed by atoms with van der Waals surface area (Å²) in [6.07, 6.45) is 2.80. The largest absolute Gasteiger partial charge is 0.354 e. The number of carbonyl (C=O) groups is 1. The molecule has 1 atom stereocenters. The van der Waals surface area contributed by atoms with Gasteiger partial charge < -0.3 is 5.32 Å². The van der Waals surface area contributed by atoms with E-state index in [1.807, 2.05) is 13.8 Å². The van der Waals surface area contributed by atoms with Gasteiger partial charge in [-0.3, -0.25) is 4.79 Å². The second-order valence-corrected chi connectivity index (χ2v) is 8.76. The van der Waals surface area contributed by atoms with Gasteiger partial charge in [0, 0.05) is 30.6 Å². The van der Waals surface area contributed by atoms with Gasteiger partial charge in [-0.05, 0) is 56.4 Å². The third-order valence-electron chi connectivity index (χ3n) is 4.52. The van der Waals surface area contributed by atoms with E-state index in [1.165, 1.54) is 16.4 Å². The summed E-state index contributed by atoms with van der Waals surface area (Å²) in [4.78, 5) is 12.2. The third-order valence-corrected chi connectivity index (χ3v) is 6.68. The van der Waals surface area contributed by atoms with Crippen LogP contribution in [0, 0.1) is 5.92 Å². The first-order valence-corrected chi connectivity index (χ1v) is 10.2. The molecule has 0 saturated carbocycles. The van der Waals surface area contributed by atoms with Gasteiger partial charge in [0.15, 0.2) is 0 Å². The SMILES string of the molecule is CC[C@@H](C)NC(=O)CC1CCN(S(=O)(=O)c2ccc(Cl)cc2)CC1. The summed E-state index contributed by atoms with van der Waals surface area (Å²) >= 11 is 5.82. The highest BCUT2D eigenvalue weighted by atomic mass is 35.5. The molecule has 0 aliphatic carbocycles. The Hall–Kier alpha value is -1.11. The Labute approximate surface area is 149 Å². The number of amides is 1. The summed E-state index contributed by atoms with van der Waals surface area (Å²) in [5.41, 5.74) is 0. The summed E-state index contributed by atoms with van der Waals surface area (Å²) in [6.45, 7) is 4.92. The van der Waals surface area contributed by atoms with Crippen molar-refractivity contribution in [3.8, 4) is 0 Å². The molecular weight excluding hydrogens is 348 g/mol. The maximum Gasteiger partial charge on any atom is 0.243 e. The van der Waals surface area contributed by atoms with E-state index in [4.69, 9.17) is 11.6 Å². The number of piperidine rings is 1. The molecule has 0 bridgehead atoms. The fraction of sp³-hybridized carbons (Fsp3) is 0.588. The minimum atomic E-state index is -3.48. The monoisotopic (exact) mass is 372 g/mol. The van der Waals surface area contributed by atoms with Crippen molar-refractivity contribution in [1.29, 1.82) is 0 Å². The Morgan fingerprint density at radius 3 is 2.42 bits per heavy atom. The molecule has 24 heavy (non-hydrogen) atoms. The Bertz CT molecular complexity index is 653. The molecular formula is C17H25ClN2O3S. The third kappa shape index (κ3) is 4.94. The summed E-state index contributed by atoms with van der Waals surface area (Å²) in [5, 5.41) is 3.48. The molecule has 7 heteroatoms. The van der Waals surface area contributed by atoms with Gasteiger partial charge >= 0.3 is 0 Å². The molecule has 1 fully saturated rings. The molecule has 1 aliphatic rings. The van der Waals surface area contributed by atoms with Crippen molar-refractivity contribution < 1.29 is 13.2 Å². The van der Waals surface area contributed by atoms with Crippen molar-refractivity contribution in [2.75, 3.05) is 13.1 Å². The Balaban J connectivity index is 1.90. The van der Waals surface area contributed by atoms with Gasteiger partial charge in [-0.15, -0.1) is 0 Å². The van der Waals surface area contributed by atoms with Crippen LogP contribution in [0.2, 0.25) is 5.02 Å². The molecule has 1 saturated heterocycles. The van der Waals surface area contributed by atoms with Gasteiger partial charge in [-0.25, -0.2) is 8.42 Å². The molecule has 1 aromatic carbocycles. The first-order chi connectivity index (χ1) is 11.3. The van der Waals surface area contributed by atoms with Crippen LogP contribution < -0.4 is 5.32 Å². The molecule has 1 aliphatic heterocycles. The maximum absolute atomic E-state index is 12.6. The molecule has 0 unspecified atom stereocenters. The van der Waals surface area contributed by atoms with Crippen molar-refractivity contribution in [3.05, 3.63) is 29.3 Å². The highest BCUT2D eigenvalue weighted by Crippen LogP contribution is 2.26. The number of sulfonamides is 1. The van der Waals surface area contributed by atoms with Gasteiger partial charge in [0.25, 0.3) is 0 Å². The van der Waals surface area contributed by atoms with Crippen LogP contribution in [0.1, 0.15) is 39.5 Å². The van der Waals surface area contributed by atoms with Crippen LogP contribution in [0.25, 0.3) is 0 Å². The second kappa shape index (κ2) is 8.32. The van der Waals surface area contributed by atoms with Crippen LogP contribution in [0.4, 0.5) is 0 Å². The number of hydrogen-bond donors (Lipinski definition) is 1.